The predicted molar refractivity (Wildman–Crippen MR) is 86.5 cm³/mol. The van der Waals surface area contributed by atoms with Crippen LogP contribution in [-0.2, 0) is 15.0 Å². The number of nitrogens with one attached hydrogen (secondary N) is 2. The predicted octanol–water partition coefficient (Wildman–Crippen LogP) is -0.0227. The van der Waals surface area contributed by atoms with Gasteiger partial charge in [-0.3, -0.25) is 9.59 Å². The minimum absolute atomic E-state index is 0.0580. The number of aromatic nitrogens is 1. The van der Waals surface area contributed by atoms with Gasteiger partial charge in [0, 0.05) is 36.7 Å². The number of amides is 2. The van der Waals surface area contributed by atoms with E-state index in [0.29, 0.717) is 5.56 Å². The molecular formula is C15H16N4O4S. The molecule has 8 nitrogen and oxygen atoms in total. The van der Waals surface area contributed by atoms with Crippen LogP contribution in [0.4, 0.5) is 0 Å². The van der Waals surface area contributed by atoms with E-state index in [-0.39, 0.29) is 25.5 Å². The summed E-state index contributed by atoms with van der Waals surface area (Å²) in [5.74, 6) is -0.788. The zero-order chi connectivity index (χ0) is 17.1. The number of hydrogen-bond acceptors (Lipinski definition) is 4. The number of hydrogen-bond donors (Lipinski definition) is 2. The molecule has 2 aliphatic rings. The van der Waals surface area contributed by atoms with Gasteiger partial charge in [-0.05, 0) is 18.6 Å². The Morgan fingerprint density at radius 1 is 1.29 bits per heavy atom. The Labute approximate surface area is 138 Å². The van der Waals surface area contributed by atoms with Crippen LogP contribution in [0.1, 0.15) is 15.9 Å². The Hall–Kier alpha value is -2.39. The third kappa shape index (κ3) is 2.20. The van der Waals surface area contributed by atoms with E-state index < -0.39 is 22.2 Å². The van der Waals surface area contributed by atoms with Crippen molar-refractivity contribution in [1.82, 2.24) is 18.9 Å². The molecule has 1 aromatic carbocycles. The minimum Gasteiger partial charge on any atom is -0.360 e. The van der Waals surface area contributed by atoms with E-state index in [1.165, 1.54) is 4.90 Å². The third-order valence-electron chi connectivity index (χ3n) is 4.53. The SMILES string of the molecule is Cc1ccc2c(C(=O)N3CCN4C(C3)C(=O)NS4(=O)=O)c[nH]c2c1. The van der Waals surface area contributed by atoms with Crippen LogP contribution >= 0.6 is 0 Å². The van der Waals surface area contributed by atoms with E-state index >= 15 is 0 Å². The van der Waals surface area contributed by atoms with Crippen molar-refractivity contribution in [2.45, 2.75) is 13.0 Å². The fraction of sp³-hybridized carbons (Fsp3) is 0.333. The molecule has 0 aliphatic carbocycles. The highest BCUT2D eigenvalue weighted by Gasteiger charge is 2.47. The molecule has 24 heavy (non-hydrogen) atoms. The molecule has 9 heteroatoms. The maximum atomic E-state index is 12.8. The Bertz CT molecular complexity index is 965. The van der Waals surface area contributed by atoms with Crippen molar-refractivity contribution in [1.29, 1.82) is 0 Å². The average molecular weight is 348 g/mol. The molecule has 126 valence electrons. The molecule has 1 atom stereocenters. The molecule has 0 spiro atoms. The Morgan fingerprint density at radius 3 is 2.88 bits per heavy atom. The number of aromatic amines is 1. The first-order valence-electron chi connectivity index (χ1n) is 7.57. The van der Waals surface area contributed by atoms with Crippen molar-refractivity contribution in [3.8, 4) is 0 Å². The molecular weight excluding hydrogens is 332 g/mol. The number of aryl methyl sites for hydroxylation is 1. The number of carbonyl (C=O) groups excluding carboxylic acids is 2. The summed E-state index contributed by atoms with van der Waals surface area (Å²) in [7, 11) is -3.75. The Morgan fingerprint density at radius 2 is 2.08 bits per heavy atom. The quantitative estimate of drug-likeness (QED) is 0.756. The van der Waals surface area contributed by atoms with E-state index in [4.69, 9.17) is 0 Å². The summed E-state index contributed by atoms with van der Waals surface area (Å²) in [5, 5.41) is 0.816. The maximum Gasteiger partial charge on any atom is 0.304 e. The standard InChI is InChI=1S/C15H16N4O4S/c1-9-2-3-10-11(7-16-12(10)6-9)15(21)18-4-5-19-13(8-18)14(20)17-24(19,22)23/h2-3,6-7,13,16H,4-5,8H2,1H3,(H,17,20). The van der Waals surface area contributed by atoms with Crippen molar-refractivity contribution >= 4 is 32.9 Å². The second-order valence-corrected chi connectivity index (χ2v) is 7.72. The molecule has 2 amide bonds. The van der Waals surface area contributed by atoms with Crippen molar-refractivity contribution in [3.63, 3.8) is 0 Å². The minimum atomic E-state index is -3.75. The Balaban J connectivity index is 1.63. The van der Waals surface area contributed by atoms with Crippen LogP contribution in [0.2, 0.25) is 0 Å². The van der Waals surface area contributed by atoms with E-state index in [1.54, 1.807) is 6.20 Å². The van der Waals surface area contributed by atoms with E-state index in [9.17, 15) is 18.0 Å². The molecule has 2 aliphatic heterocycles. The van der Waals surface area contributed by atoms with Crippen LogP contribution in [0, 0.1) is 6.92 Å². The van der Waals surface area contributed by atoms with Crippen LogP contribution < -0.4 is 4.72 Å². The third-order valence-corrected chi connectivity index (χ3v) is 6.04. The summed E-state index contributed by atoms with van der Waals surface area (Å²) in [5.41, 5.74) is 2.49. The summed E-state index contributed by atoms with van der Waals surface area (Å²) in [4.78, 5) is 29.3. The first-order chi connectivity index (χ1) is 11.4. The van der Waals surface area contributed by atoms with Crippen LogP contribution in [0.25, 0.3) is 10.9 Å². The molecule has 2 saturated heterocycles. The number of H-pyrrole nitrogens is 1. The van der Waals surface area contributed by atoms with Gasteiger partial charge in [-0.2, -0.15) is 12.7 Å². The molecule has 2 aromatic rings. The van der Waals surface area contributed by atoms with Crippen molar-refractivity contribution in [2.24, 2.45) is 0 Å². The lowest BCUT2D eigenvalue weighted by molar-refractivity contribution is -0.122. The van der Waals surface area contributed by atoms with Gasteiger partial charge in [0.15, 0.2) is 0 Å². The number of benzene rings is 1. The van der Waals surface area contributed by atoms with Gasteiger partial charge in [0.1, 0.15) is 6.04 Å². The molecule has 1 unspecified atom stereocenters. The Kier molecular flexibility index (Phi) is 3.19. The number of carbonyl (C=O) groups is 2. The average Bonchev–Trinajstić information content (AvgIpc) is 3.05. The molecule has 1 aromatic heterocycles. The van der Waals surface area contributed by atoms with Gasteiger partial charge in [-0.15, -0.1) is 0 Å². The molecule has 0 radical (unpaired) electrons. The first kappa shape index (κ1) is 15.2. The lowest BCUT2D eigenvalue weighted by Crippen LogP contribution is -2.54. The maximum absolute atomic E-state index is 12.8. The summed E-state index contributed by atoms with van der Waals surface area (Å²) in [6, 6.07) is 4.93. The number of nitrogens with zero attached hydrogens (tertiary/aromatic N) is 2. The normalized spacial score (nSPS) is 23.3. The van der Waals surface area contributed by atoms with Gasteiger partial charge in [-0.1, -0.05) is 12.1 Å². The number of fused-ring (bicyclic) bond motifs is 2. The highest BCUT2D eigenvalue weighted by molar-refractivity contribution is 7.88. The zero-order valence-corrected chi connectivity index (χ0v) is 13.8. The molecule has 2 fully saturated rings. The highest BCUT2D eigenvalue weighted by atomic mass is 32.2. The van der Waals surface area contributed by atoms with Crippen molar-refractivity contribution in [3.05, 3.63) is 35.5 Å². The van der Waals surface area contributed by atoms with Crippen LogP contribution in [0.15, 0.2) is 24.4 Å². The number of rotatable bonds is 1. The van der Waals surface area contributed by atoms with Crippen LogP contribution in [0.3, 0.4) is 0 Å². The first-order valence-corrected chi connectivity index (χ1v) is 9.01. The summed E-state index contributed by atoms with van der Waals surface area (Å²) in [6.07, 6.45) is 1.66. The largest absolute Gasteiger partial charge is 0.360 e. The van der Waals surface area contributed by atoms with Crippen LogP contribution in [-0.4, -0.2) is 60.1 Å². The molecule has 0 bridgehead atoms. The lowest BCUT2D eigenvalue weighted by atomic mass is 10.1. The van der Waals surface area contributed by atoms with Crippen molar-refractivity contribution < 1.29 is 18.0 Å². The number of piperazine rings is 1. The van der Waals surface area contributed by atoms with Gasteiger partial charge >= 0.3 is 10.2 Å². The van der Waals surface area contributed by atoms with E-state index in [2.05, 4.69) is 4.98 Å². The van der Waals surface area contributed by atoms with E-state index in [1.807, 2.05) is 29.8 Å². The zero-order valence-electron chi connectivity index (χ0n) is 12.9. The summed E-state index contributed by atoms with van der Waals surface area (Å²) < 4.78 is 26.7. The molecule has 2 N–H and O–H groups in total. The summed E-state index contributed by atoms with van der Waals surface area (Å²) >= 11 is 0. The smallest absolute Gasteiger partial charge is 0.304 e. The van der Waals surface area contributed by atoms with Gasteiger partial charge in [0.2, 0.25) is 0 Å². The second kappa shape index (κ2) is 5.05. The second-order valence-electron chi connectivity index (χ2n) is 6.10. The fourth-order valence-electron chi connectivity index (χ4n) is 3.29. The van der Waals surface area contributed by atoms with Crippen molar-refractivity contribution in [2.75, 3.05) is 19.6 Å². The molecule has 0 saturated carbocycles. The molecule has 4 rings (SSSR count). The topological polar surface area (TPSA) is 103 Å². The van der Waals surface area contributed by atoms with E-state index in [0.717, 1.165) is 20.8 Å². The fourth-order valence-corrected chi connectivity index (χ4v) is 4.62. The summed E-state index contributed by atoms with van der Waals surface area (Å²) in [6.45, 7) is 2.39. The highest BCUT2D eigenvalue weighted by Crippen LogP contribution is 2.24. The van der Waals surface area contributed by atoms with Gasteiger partial charge in [0.05, 0.1) is 5.56 Å². The monoisotopic (exact) mass is 348 g/mol. The van der Waals surface area contributed by atoms with Gasteiger partial charge < -0.3 is 9.88 Å². The van der Waals surface area contributed by atoms with Crippen LogP contribution in [0.5, 0.6) is 0 Å². The molecule has 3 heterocycles. The lowest BCUT2D eigenvalue weighted by Gasteiger charge is -2.34. The van der Waals surface area contributed by atoms with Gasteiger partial charge in [-0.25, -0.2) is 4.72 Å². The van der Waals surface area contributed by atoms with Gasteiger partial charge in [0.25, 0.3) is 11.8 Å².